The molecule has 108 valence electrons. The molecule has 1 nitrogen and oxygen atoms in total. The maximum Gasteiger partial charge on any atom is 0.126 e. The van der Waals surface area contributed by atoms with E-state index in [-0.39, 0.29) is 0 Å². The Morgan fingerprint density at radius 2 is 1.95 bits per heavy atom. The average Bonchev–Trinajstić information content (AvgIpc) is 2.89. The number of hydrogen-bond donors (Lipinski definition) is 0. The highest BCUT2D eigenvalue weighted by Gasteiger charge is 2.10. The van der Waals surface area contributed by atoms with Crippen LogP contribution >= 0.6 is 43.2 Å². The number of thiophene rings is 1. The van der Waals surface area contributed by atoms with Crippen LogP contribution in [0.4, 0.5) is 0 Å². The molecule has 1 heterocycles. The molecule has 0 unspecified atom stereocenters. The number of aryl methyl sites for hydroxylation is 1. The van der Waals surface area contributed by atoms with Crippen molar-refractivity contribution < 1.29 is 4.74 Å². The van der Waals surface area contributed by atoms with E-state index in [0.717, 1.165) is 21.1 Å². The van der Waals surface area contributed by atoms with Crippen molar-refractivity contribution in [1.29, 1.82) is 0 Å². The first kappa shape index (κ1) is 15.1. The van der Waals surface area contributed by atoms with E-state index in [2.05, 4.69) is 80.6 Å². The lowest BCUT2D eigenvalue weighted by Gasteiger charge is -2.13. The molecule has 0 spiro atoms. The first-order valence-corrected chi connectivity index (χ1v) is 9.41. The molecule has 2 aromatic carbocycles. The molecule has 0 amide bonds. The van der Waals surface area contributed by atoms with Gasteiger partial charge in [0, 0.05) is 25.6 Å². The largest absolute Gasteiger partial charge is 0.488 e. The van der Waals surface area contributed by atoms with Gasteiger partial charge in [0.2, 0.25) is 0 Å². The second-order valence-corrected chi connectivity index (χ2v) is 7.28. The molecule has 0 saturated heterocycles. The molecule has 0 fully saturated rings. The Bertz CT molecular complexity index is 780. The zero-order valence-electron chi connectivity index (χ0n) is 11.5. The second-order valence-electron chi connectivity index (χ2n) is 4.89. The minimum absolute atomic E-state index is 0.604. The Morgan fingerprint density at radius 1 is 1.14 bits per heavy atom. The van der Waals surface area contributed by atoms with E-state index in [4.69, 9.17) is 4.74 Å². The molecular formula is C17H14Br2OS. The summed E-state index contributed by atoms with van der Waals surface area (Å²) in [6.07, 6.45) is 0. The van der Waals surface area contributed by atoms with Crippen molar-refractivity contribution in [2.75, 3.05) is 0 Å². The highest BCUT2D eigenvalue weighted by Crippen LogP contribution is 2.32. The molecule has 21 heavy (non-hydrogen) atoms. The fraction of sp³-hybridized carbons (Fsp3) is 0.176. The fourth-order valence-electron chi connectivity index (χ4n) is 2.40. The zero-order chi connectivity index (χ0) is 14.8. The van der Waals surface area contributed by atoms with Crippen LogP contribution < -0.4 is 4.74 Å². The van der Waals surface area contributed by atoms with Crippen LogP contribution in [0, 0.1) is 6.92 Å². The van der Waals surface area contributed by atoms with E-state index in [1.807, 2.05) is 0 Å². The number of halogens is 2. The van der Waals surface area contributed by atoms with Crippen LogP contribution in [0.1, 0.15) is 16.7 Å². The summed E-state index contributed by atoms with van der Waals surface area (Å²) in [4.78, 5) is 0. The summed E-state index contributed by atoms with van der Waals surface area (Å²) >= 11 is 8.84. The molecule has 0 N–H and O–H groups in total. The van der Waals surface area contributed by atoms with E-state index < -0.39 is 0 Å². The minimum atomic E-state index is 0.604. The van der Waals surface area contributed by atoms with E-state index in [1.54, 1.807) is 11.3 Å². The summed E-state index contributed by atoms with van der Waals surface area (Å²) in [7, 11) is 0. The Balaban J connectivity index is 1.88. The van der Waals surface area contributed by atoms with Gasteiger partial charge < -0.3 is 4.74 Å². The predicted molar refractivity (Wildman–Crippen MR) is 97.7 cm³/mol. The third kappa shape index (κ3) is 3.17. The third-order valence-electron chi connectivity index (χ3n) is 3.39. The highest BCUT2D eigenvalue weighted by atomic mass is 79.9. The maximum atomic E-state index is 6.12. The summed E-state index contributed by atoms with van der Waals surface area (Å²) < 4.78 is 8.52. The molecule has 4 heteroatoms. The van der Waals surface area contributed by atoms with E-state index in [9.17, 15) is 0 Å². The van der Waals surface area contributed by atoms with E-state index >= 15 is 0 Å². The van der Waals surface area contributed by atoms with Crippen molar-refractivity contribution in [3.05, 3.63) is 62.9 Å². The molecule has 0 aliphatic carbocycles. The normalized spacial score (nSPS) is 11.0. The van der Waals surface area contributed by atoms with Gasteiger partial charge in [0.25, 0.3) is 0 Å². The lowest BCUT2D eigenvalue weighted by atomic mass is 10.1. The Morgan fingerprint density at radius 3 is 2.76 bits per heavy atom. The van der Waals surface area contributed by atoms with Crippen molar-refractivity contribution in [1.82, 2.24) is 0 Å². The number of hydrogen-bond acceptors (Lipinski definition) is 2. The summed E-state index contributed by atoms with van der Waals surface area (Å²) in [5, 5.41) is 4.26. The first-order chi connectivity index (χ1) is 10.2. The molecule has 3 rings (SSSR count). The van der Waals surface area contributed by atoms with Crippen molar-refractivity contribution in [2.24, 2.45) is 0 Å². The molecule has 0 aliphatic heterocycles. The summed E-state index contributed by atoms with van der Waals surface area (Å²) in [6, 6.07) is 12.7. The SMILES string of the molecule is Cc1cc(Br)cc(CBr)c1OCc1csc2ccccc12. The summed E-state index contributed by atoms with van der Waals surface area (Å²) in [5.41, 5.74) is 3.57. The number of benzene rings is 2. The summed E-state index contributed by atoms with van der Waals surface area (Å²) in [6.45, 7) is 2.68. The van der Waals surface area contributed by atoms with E-state index in [0.29, 0.717) is 6.61 Å². The Hall–Kier alpha value is -0.840. The maximum absolute atomic E-state index is 6.12. The van der Waals surface area contributed by atoms with Crippen LogP contribution in [0.25, 0.3) is 10.1 Å². The second kappa shape index (κ2) is 6.51. The van der Waals surface area contributed by atoms with Crippen molar-refractivity contribution in [2.45, 2.75) is 18.9 Å². The van der Waals surface area contributed by atoms with Crippen LogP contribution in [-0.4, -0.2) is 0 Å². The first-order valence-electron chi connectivity index (χ1n) is 6.62. The van der Waals surface area contributed by atoms with Crippen LogP contribution in [0.3, 0.4) is 0 Å². The molecule has 0 radical (unpaired) electrons. The van der Waals surface area contributed by atoms with Gasteiger partial charge >= 0.3 is 0 Å². The molecule has 0 saturated carbocycles. The fourth-order valence-corrected chi connectivity index (χ4v) is 4.38. The van der Waals surface area contributed by atoms with Gasteiger partial charge in [-0.15, -0.1) is 11.3 Å². The van der Waals surface area contributed by atoms with Crippen LogP contribution in [-0.2, 0) is 11.9 Å². The molecule has 1 aromatic heterocycles. The van der Waals surface area contributed by atoms with Crippen LogP contribution in [0.5, 0.6) is 5.75 Å². The van der Waals surface area contributed by atoms with Crippen LogP contribution in [0.15, 0.2) is 46.3 Å². The monoisotopic (exact) mass is 424 g/mol. The summed E-state index contributed by atoms with van der Waals surface area (Å²) in [5.74, 6) is 0.977. The lowest BCUT2D eigenvalue weighted by Crippen LogP contribution is -1.99. The standard InChI is InChI=1S/C17H14Br2OS/c1-11-6-14(19)7-12(8-18)17(11)20-9-13-10-21-16-5-3-2-4-15(13)16/h2-7,10H,8-9H2,1H3. The Kier molecular flexibility index (Phi) is 4.67. The van der Waals surface area contributed by atoms with Gasteiger partial charge in [-0.05, 0) is 41.5 Å². The number of rotatable bonds is 4. The zero-order valence-corrected chi connectivity index (χ0v) is 15.5. The van der Waals surface area contributed by atoms with Gasteiger partial charge in [0.1, 0.15) is 12.4 Å². The van der Waals surface area contributed by atoms with Crippen molar-refractivity contribution in [3.8, 4) is 5.75 Å². The molecule has 0 atom stereocenters. The quantitative estimate of drug-likeness (QED) is 0.436. The van der Waals surface area contributed by atoms with Gasteiger partial charge in [-0.25, -0.2) is 0 Å². The van der Waals surface area contributed by atoms with E-state index in [1.165, 1.54) is 21.2 Å². The minimum Gasteiger partial charge on any atom is -0.488 e. The van der Waals surface area contributed by atoms with Gasteiger partial charge in [-0.3, -0.25) is 0 Å². The molecule has 3 aromatic rings. The van der Waals surface area contributed by atoms with Crippen LogP contribution in [0.2, 0.25) is 0 Å². The topological polar surface area (TPSA) is 9.23 Å². The molecular weight excluding hydrogens is 412 g/mol. The Labute approximate surface area is 145 Å². The third-order valence-corrected chi connectivity index (χ3v) is 5.47. The number of ether oxygens (including phenoxy) is 1. The van der Waals surface area contributed by atoms with Gasteiger partial charge in [0.15, 0.2) is 0 Å². The predicted octanol–water partition coefficient (Wildman–Crippen LogP) is 6.45. The smallest absolute Gasteiger partial charge is 0.126 e. The molecule has 0 aliphatic rings. The van der Waals surface area contributed by atoms with Gasteiger partial charge in [0.05, 0.1) is 0 Å². The van der Waals surface area contributed by atoms with Gasteiger partial charge in [-0.2, -0.15) is 0 Å². The number of fused-ring (bicyclic) bond motifs is 1. The van der Waals surface area contributed by atoms with Crippen molar-refractivity contribution >= 4 is 53.3 Å². The number of alkyl halides is 1. The van der Waals surface area contributed by atoms with Crippen molar-refractivity contribution in [3.63, 3.8) is 0 Å². The van der Waals surface area contributed by atoms with Gasteiger partial charge in [-0.1, -0.05) is 50.1 Å². The average molecular weight is 426 g/mol. The molecule has 0 bridgehead atoms. The lowest BCUT2D eigenvalue weighted by molar-refractivity contribution is 0.303. The highest BCUT2D eigenvalue weighted by molar-refractivity contribution is 9.10.